The van der Waals surface area contributed by atoms with Crippen LogP contribution in [-0.4, -0.2) is 48.6 Å². The van der Waals surface area contributed by atoms with Crippen molar-refractivity contribution >= 4 is 30.7 Å². The van der Waals surface area contributed by atoms with Gasteiger partial charge in [-0.2, -0.15) is 0 Å². The maximum atomic E-state index is 12.7. The summed E-state index contributed by atoms with van der Waals surface area (Å²) in [6.07, 6.45) is 3.42. The third kappa shape index (κ3) is 4.84. The highest BCUT2D eigenvalue weighted by Gasteiger charge is 2.24. The molecule has 136 valence electrons. The Labute approximate surface area is 160 Å². The quantitative estimate of drug-likeness (QED) is 0.884. The maximum absolute atomic E-state index is 12.7. The number of hydrogen-bond donors (Lipinski definition) is 1. The number of rotatable bonds is 3. The van der Waals surface area contributed by atoms with Crippen molar-refractivity contribution in [3.05, 3.63) is 48.3 Å². The van der Waals surface area contributed by atoms with E-state index in [4.69, 9.17) is 4.74 Å². The number of nitrogens with zero attached hydrogens (tertiary/aromatic N) is 2. The van der Waals surface area contributed by atoms with Crippen molar-refractivity contribution in [1.82, 2.24) is 15.2 Å². The summed E-state index contributed by atoms with van der Waals surface area (Å²) in [7, 11) is 1.64. The Morgan fingerprint density at radius 3 is 2.56 bits per heavy atom. The maximum Gasteiger partial charge on any atom is 0.255 e. The van der Waals surface area contributed by atoms with Crippen LogP contribution in [-0.2, 0) is 0 Å². The Bertz CT molecular complexity index is 695. The number of methoxy groups -OCH3 is 1. The monoisotopic (exact) mass is 383 g/mol. The largest absolute Gasteiger partial charge is 0.497 e. The summed E-state index contributed by atoms with van der Waals surface area (Å²) in [6, 6.07) is 9.85. The molecule has 1 N–H and O–H groups in total. The van der Waals surface area contributed by atoms with Crippen LogP contribution in [0.3, 0.4) is 0 Å². The number of pyridine rings is 1. The summed E-state index contributed by atoms with van der Waals surface area (Å²) in [5.74, 6) is 0.852. The molecule has 1 aromatic heterocycles. The Morgan fingerprint density at radius 2 is 1.92 bits per heavy atom. The third-order valence-corrected chi connectivity index (χ3v) is 4.17. The normalized spacial score (nSPS) is 16.4. The van der Waals surface area contributed by atoms with E-state index in [9.17, 15) is 4.79 Å². The van der Waals surface area contributed by atoms with Gasteiger partial charge in [0, 0.05) is 43.6 Å². The van der Waals surface area contributed by atoms with E-state index in [1.165, 1.54) is 0 Å². The summed E-state index contributed by atoms with van der Waals surface area (Å²) >= 11 is 0. The van der Waals surface area contributed by atoms with E-state index in [1.54, 1.807) is 19.5 Å². The Morgan fingerprint density at radius 1 is 1.20 bits per heavy atom. The lowest BCUT2D eigenvalue weighted by Crippen LogP contribution is -2.52. The lowest BCUT2D eigenvalue weighted by atomic mass is 10.0. The van der Waals surface area contributed by atoms with E-state index in [0.717, 1.165) is 36.5 Å². The van der Waals surface area contributed by atoms with Crippen LogP contribution in [0.2, 0.25) is 0 Å². The van der Waals surface area contributed by atoms with Gasteiger partial charge in [0.2, 0.25) is 0 Å². The standard InChI is InChI=1S/C18H21N3O2.2ClH/c1-13-10-19-7-8-21(13)18(22)16-9-15(11-20-12-16)14-3-5-17(23-2)6-4-14;;/h3-6,9,11-13,19H,7-8,10H2,1-2H3;2*1H/t13-;;/m1../s1. The fourth-order valence-electron chi connectivity index (χ4n) is 2.81. The first-order chi connectivity index (χ1) is 11.2. The molecule has 1 aliphatic heterocycles. The van der Waals surface area contributed by atoms with Crippen molar-refractivity contribution in [1.29, 1.82) is 0 Å². The average molecular weight is 384 g/mol. The second-order valence-electron chi connectivity index (χ2n) is 5.74. The molecule has 0 unspecified atom stereocenters. The molecule has 2 heterocycles. The molecule has 0 spiro atoms. The van der Waals surface area contributed by atoms with Crippen LogP contribution in [0.5, 0.6) is 5.75 Å². The lowest BCUT2D eigenvalue weighted by Gasteiger charge is -2.34. The van der Waals surface area contributed by atoms with Gasteiger partial charge in [-0.1, -0.05) is 12.1 Å². The topological polar surface area (TPSA) is 54.5 Å². The van der Waals surface area contributed by atoms with Crippen molar-refractivity contribution in [2.75, 3.05) is 26.7 Å². The molecular weight excluding hydrogens is 361 g/mol. The number of benzene rings is 1. The second-order valence-corrected chi connectivity index (χ2v) is 5.74. The van der Waals surface area contributed by atoms with Crippen molar-refractivity contribution in [2.45, 2.75) is 13.0 Å². The number of carbonyl (C=O) groups is 1. The van der Waals surface area contributed by atoms with Crippen LogP contribution < -0.4 is 10.1 Å². The molecule has 0 bridgehead atoms. The molecule has 1 amide bonds. The molecule has 5 nitrogen and oxygen atoms in total. The number of carbonyl (C=O) groups excluding carboxylic acids is 1. The number of aromatic nitrogens is 1. The zero-order chi connectivity index (χ0) is 16.2. The summed E-state index contributed by atoms with van der Waals surface area (Å²) in [5.41, 5.74) is 2.58. The zero-order valence-electron chi connectivity index (χ0n) is 14.3. The average Bonchev–Trinajstić information content (AvgIpc) is 2.62. The van der Waals surface area contributed by atoms with Gasteiger partial charge >= 0.3 is 0 Å². The predicted molar refractivity (Wildman–Crippen MR) is 104 cm³/mol. The van der Waals surface area contributed by atoms with Gasteiger partial charge in [0.25, 0.3) is 5.91 Å². The highest BCUT2D eigenvalue weighted by Crippen LogP contribution is 2.23. The fourth-order valence-corrected chi connectivity index (χ4v) is 2.81. The molecule has 0 aliphatic carbocycles. The van der Waals surface area contributed by atoms with Gasteiger partial charge < -0.3 is 15.0 Å². The molecule has 1 atom stereocenters. The number of nitrogens with one attached hydrogen (secondary N) is 1. The van der Waals surface area contributed by atoms with Crippen LogP contribution in [0.1, 0.15) is 17.3 Å². The summed E-state index contributed by atoms with van der Waals surface area (Å²) in [5, 5.41) is 3.30. The number of amides is 1. The molecule has 0 radical (unpaired) electrons. The van der Waals surface area contributed by atoms with Crippen molar-refractivity contribution in [3.8, 4) is 16.9 Å². The molecule has 25 heavy (non-hydrogen) atoms. The highest BCUT2D eigenvalue weighted by atomic mass is 35.5. The molecular formula is C18H23Cl2N3O2. The molecule has 1 aliphatic rings. The number of piperazine rings is 1. The molecule has 2 aromatic rings. The fraction of sp³-hybridized carbons (Fsp3) is 0.333. The first-order valence-corrected chi connectivity index (χ1v) is 7.80. The van der Waals surface area contributed by atoms with Gasteiger partial charge in [0.05, 0.1) is 12.7 Å². The first-order valence-electron chi connectivity index (χ1n) is 7.80. The van der Waals surface area contributed by atoms with Gasteiger partial charge in [-0.05, 0) is 30.7 Å². The molecule has 1 saturated heterocycles. The van der Waals surface area contributed by atoms with E-state index in [1.807, 2.05) is 35.2 Å². The van der Waals surface area contributed by atoms with Gasteiger partial charge in [-0.25, -0.2) is 0 Å². The number of halogens is 2. The molecule has 1 aromatic carbocycles. The van der Waals surface area contributed by atoms with Crippen LogP contribution in [0.25, 0.3) is 11.1 Å². The Kier molecular flexibility index (Phi) is 8.16. The summed E-state index contributed by atoms with van der Waals surface area (Å²) < 4.78 is 5.18. The smallest absolute Gasteiger partial charge is 0.255 e. The van der Waals surface area contributed by atoms with Crippen molar-refractivity contribution in [2.24, 2.45) is 0 Å². The van der Waals surface area contributed by atoms with E-state index >= 15 is 0 Å². The Hall–Kier alpha value is -1.82. The predicted octanol–water partition coefficient (Wildman–Crippen LogP) is 3.03. The SMILES string of the molecule is COc1ccc(-c2cncc(C(=O)N3CCNC[C@H]3C)c2)cc1.Cl.Cl. The van der Waals surface area contributed by atoms with E-state index in [2.05, 4.69) is 17.2 Å². The van der Waals surface area contributed by atoms with Gasteiger partial charge in [0.1, 0.15) is 5.75 Å². The molecule has 0 saturated carbocycles. The third-order valence-electron chi connectivity index (χ3n) is 4.17. The highest BCUT2D eigenvalue weighted by molar-refractivity contribution is 5.95. The molecule has 7 heteroatoms. The number of hydrogen-bond acceptors (Lipinski definition) is 4. The molecule has 3 rings (SSSR count). The minimum absolute atomic E-state index is 0. The Balaban J connectivity index is 0.00000156. The van der Waals surface area contributed by atoms with E-state index < -0.39 is 0 Å². The van der Waals surface area contributed by atoms with Gasteiger partial charge in [0.15, 0.2) is 0 Å². The first kappa shape index (κ1) is 21.2. The summed E-state index contributed by atoms with van der Waals surface area (Å²) in [6.45, 7) is 4.45. The summed E-state index contributed by atoms with van der Waals surface area (Å²) in [4.78, 5) is 18.9. The van der Waals surface area contributed by atoms with Gasteiger partial charge in [-0.3, -0.25) is 9.78 Å². The van der Waals surface area contributed by atoms with Crippen molar-refractivity contribution < 1.29 is 9.53 Å². The van der Waals surface area contributed by atoms with E-state index in [-0.39, 0.29) is 36.8 Å². The minimum Gasteiger partial charge on any atom is -0.497 e. The zero-order valence-corrected chi connectivity index (χ0v) is 15.9. The second kappa shape index (κ2) is 9.61. The lowest BCUT2D eigenvalue weighted by molar-refractivity contribution is 0.0655. The minimum atomic E-state index is 0. The van der Waals surface area contributed by atoms with Crippen LogP contribution in [0.4, 0.5) is 0 Å². The van der Waals surface area contributed by atoms with Crippen molar-refractivity contribution in [3.63, 3.8) is 0 Å². The van der Waals surface area contributed by atoms with Crippen LogP contribution >= 0.6 is 24.8 Å². The molecule has 1 fully saturated rings. The van der Waals surface area contributed by atoms with E-state index in [0.29, 0.717) is 5.56 Å². The van der Waals surface area contributed by atoms with Gasteiger partial charge in [-0.15, -0.1) is 24.8 Å². The van der Waals surface area contributed by atoms with Crippen LogP contribution in [0.15, 0.2) is 42.7 Å². The number of ether oxygens (including phenoxy) is 1. The van der Waals surface area contributed by atoms with Crippen LogP contribution in [0, 0.1) is 0 Å².